The molecule has 15 heavy (non-hydrogen) atoms. The van der Waals surface area contributed by atoms with E-state index in [0.717, 1.165) is 17.8 Å². The molecular weight excluding hydrogens is 180 g/mol. The molecule has 0 aliphatic heterocycles. The molecule has 0 radical (unpaired) electrons. The van der Waals surface area contributed by atoms with Gasteiger partial charge in [0.05, 0.1) is 0 Å². The van der Waals surface area contributed by atoms with Gasteiger partial charge in [-0.2, -0.15) is 0 Å². The minimum atomic E-state index is 0.596. The average molecular weight is 204 g/mol. The molecule has 1 spiro atoms. The molecule has 3 rings (SSSR count). The number of allylic oxidation sites excluding steroid dienone is 2. The quantitative estimate of drug-likeness (QED) is 0.513. The minimum absolute atomic E-state index is 0.596. The lowest BCUT2D eigenvalue weighted by Gasteiger charge is -2.36. The molecule has 3 aliphatic rings. The number of hydrogen-bond donors (Lipinski definition) is 0. The summed E-state index contributed by atoms with van der Waals surface area (Å²) in [7, 11) is 0. The lowest BCUT2D eigenvalue weighted by Crippen LogP contribution is -2.31. The van der Waals surface area contributed by atoms with Crippen molar-refractivity contribution >= 4 is 0 Å². The molecule has 1 unspecified atom stereocenters. The Balaban J connectivity index is 2.05. The summed E-state index contributed by atoms with van der Waals surface area (Å²) >= 11 is 0. The van der Waals surface area contributed by atoms with E-state index in [-0.39, 0.29) is 0 Å². The second-order valence-electron chi connectivity index (χ2n) is 7.21. The van der Waals surface area contributed by atoms with E-state index in [4.69, 9.17) is 0 Å². The fraction of sp³-hybridized carbons (Fsp3) is 0.867. The molecule has 0 heterocycles. The molecule has 3 aliphatic carbocycles. The number of rotatable bonds is 0. The fourth-order valence-corrected chi connectivity index (χ4v) is 5.34. The van der Waals surface area contributed by atoms with Crippen molar-refractivity contribution in [2.75, 3.05) is 0 Å². The highest BCUT2D eigenvalue weighted by Gasteiger charge is 2.61. The maximum Gasteiger partial charge on any atom is -0.0138 e. The highest BCUT2D eigenvalue weighted by Crippen LogP contribution is 2.70. The van der Waals surface area contributed by atoms with Gasteiger partial charge in [-0.25, -0.2) is 0 Å². The van der Waals surface area contributed by atoms with Crippen LogP contribution in [0.15, 0.2) is 11.6 Å². The predicted octanol–water partition coefficient (Wildman–Crippen LogP) is 4.42. The van der Waals surface area contributed by atoms with Crippen molar-refractivity contribution in [1.82, 2.24) is 0 Å². The third-order valence-electron chi connectivity index (χ3n) is 5.72. The third kappa shape index (κ3) is 1.09. The van der Waals surface area contributed by atoms with Crippen molar-refractivity contribution in [3.63, 3.8) is 0 Å². The lowest BCUT2D eigenvalue weighted by atomic mass is 9.67. The van der Waals surface area contributed by atoms with Crippen molar-refractivity contribution in [3.8, 4) is 0 Å². The molecule has 2 saturated carbocycles. The van der Waals surface area contributed by atoms with Crippen LogP contribution in [0.4, 0.5) is 0 Å². The molecule has 0 aromatic rings. The van der Waals surface area contributed by atoms with E-state index in [1.807, 2.05) is 0 Å². The van der Waals surface area contributed by atoms with E-state index in [0.29, 0.717) is 10.8 Å². The van der Waals surface area contributed by atoms with E-state index in [9.17, 15) is 0 Å². The molecule has 0 bridgehead atoms. The molecule has 0 aromatic carbocycles. The predicted molar refractivity (Wildman–Crippen MR) is 64.6 cm³/mol. The van der Waals surface area contributed by atoms with Gasteiger partial charge in [-0.15, -0.1) is 0 Å². The third-order valence-corrected chi connectivity index (χ3v) is 5.72. The Morgan fingerprint density at radius 1 is 1.27 bits per heavy atom. The van der Waals surface area contributed by atoms with Gasteiger partial charge >= 0.3 is 0 Å². The molecular formula is C15H24. The zero-order valence-electron chi connectivity index (χ0n) is 10.6. The average Bonchev–Trinajstić information content (AvgIpc) is 2.61. The van der Waals surface area contributed by atoms with Crippen LogP contribution in [0.25, 0.3) is 0 Å². The molecule has 0 heteroatoms. The second-order valence-corrected chi connectivity index (χ2v) is 7.21. The van der Waals surface area contributed by atoms with E-state index >= 15 is 0 Å². The van der Waals surface area contributed by atoms with Crippen molar-refractivity contribution in [3.05, 3.63) is 11.6 Å². The first kappa shape index (κ1) is 9.93. The van der Waals surface area contributed by atoms with Crippen LogP contribution in [0.3, 0.4) is 0 Å². The fourth-order valence-electron chi connectivity index (χ4n) is 5.34. The van der Waals surface area contributed by atoms with Crippen molar-refractivity contribution in [2.24, 2.45) is 28.6 Å². The Bertz CT molecular complexity index is 323. The van der Waals surface area contributed by atoms with Crippen LogP contribution in [-0.4, -0.2) is 0 Å². The largest absolute Gasteiger partial charge is 0.0816 e. The van der Waals surface area contributed by atoms with Gasteiger partial charge in [-0.1, -0.05) is 32.4 Å². The van der Waals surface area contributed by atoms with E-state index in [1.165, 1.54) is 25.7 Å². The van der Waals surface area contributed by atoms with Crippen LogP contribution < -0.4 is 0 Å². The van der Waals surface area contributed by atoms with E-state index in [2.05, 4.69) is 33.8 Å². The Morgan fingerprint density at radius 3 is 2.73 bits per heavy atom. The topological polar surface area (TPSA) is 0 Å². The maximum absolute atomic E-state index is 2.63. The van der Waals surface area contributed by atoms with Gasteiger partial charge in [0.15, 0.2) is 0 Å². The molecule has 84 valence electrons. The summed E-state index contributed by atoms with van der Waals surface area (Å²) in [5.41, 5.74) is 3.01. The smallest absolute Gasteiger partial charge is 0.0138 e. The summed E-state index contributed by atoms with van der Waals surface area (Å²) < 4.78 is 0. The molecule has 0 amide bonds. The van der Waals surface area contributed by atoms with Crippen molar-refractivity contribution in [1.29, 1.82) is 0 Å². The monoisotopic (exact) mass is 204 g/mol. The van der Waals surface area contributed by atoms with Gasteiger partial charge in [0, 0.05) is 0 Å². The first-order chi connectivity index (χ1) is 6.96. The summed E-state index contributed by atoms with van der Waals surface area (Å²) in [5.74, 6) is 2.82. The summed E-state index contributed by atoms with van der Waals surface area (Å²) in [5, 5.41) is 0. The summed E-state index contributed by atoms with van der Waals surface area (Å²) in [6.07, 6.45) is 8.49. The van der Waals surface area contributed by atoms with Gasteiger partial charge in [0.1, 0.15) is 0 Å². The van der Waals surface area contributed by atoms with Crippen molar-refractivity contribution in [2.45, 2.75) is 53.4 Å². The highest BCUT2D eigenvalue weighted by atomic mass is 14.7. The lowest BCUT2D eigenvalue weighted by molar-refractivity contribution is 0.135. The van der Waals surface area contributed by atoms with Crippen LogP contribution in [0.2, 0.25) is 0 Å². The van der Waals surface area contributed by atoms with Gasteiger partial charge in [-0.05, 0) is 61.2 Å². The summed E-state index contributed by atoms with van der Waals surface area (Å²) in [6.45, 7) is 9.85. The molecule has 0 N–H and O–H groups in total. The van der Waals surface area contributed by atoms with Gasteiger partial charge < -0.3 is 0 Å². The molecule has 0 nitrogen and oxygen atoms in total. The van der Waals surface area contributed by atoms with E-state index in [1.54, 1.807) is 5.57 Å². The second kappa shape index (κ2) is 2.70. The zero-order chi connectivity index (χ0) is 10.8. The summed E-state index contributed by atoms with van der Waals surface area (Å²) in [6, 6.07) is 0. The SMILES string of the molecule is CC1=C[C@@H]2CC(C)(C)CC23[C@H](C)CC[C@@H]13. The normalized spacial score (nSPS) is 51.5. The van der Waals surface area contributed by atoms with Crippen LogP contribution in [0.1, 0.15) is 53.4 Å². The van der Waals surface area contributed by atoms with Gasteiger partial charge in [0.2, 0.25) is 0 Å². The Kier molecular flexibility index (Phi) is 1.79. The van der Waals surface area contributed by atoms with Crippen LogP contribution in [-0.2, 0) is 0 Å². The van der Waals surface area contributed by atoms with Crippen LogP contribution in [0, 0.1) is 28.6 Å². The molecule has 2 fully saturated rings. The molecule has 0 saturated heterocycles. The van der Waals surface area contributed by atoms with E-state index < -0.39 is 0 Å². The first-order valence-corrected chi connectivity index (χ1v) is 6.64. The highest BCUT2D eigenvalue weighted by molar-refractivity contribution is 5.28. The van der Waals surface area contributed by atoms with Crippen LogP contribution in [0.5, 0.6) is 0 Å². The van der Waals surface area contributed by atoms with Gasteiger partial charge in [-0.3, -0.25) is 0 Å². The summed E-state index contributed by atoms with van der Waals surface area (Å²) in [4.78, 5) is 0. The Hall–Kier alpha value is -0.260. The Morgan fingerprint density at radius 2 is 2.00 bits per heavy atom. The zero-order valence-corrected chi connectivity index (χ0v) is 10.6. The Labute approximate surface area is 94.1 Å². The number of hydrogen-bond acceptors (Lipinski definition) is 0. The first-order valence-electron chi connectivity index (χ1n) is 6.64. The van der Waals surface area contributed by atoms with Gasteiger partial charge in [0.25, 0.3) is 0 Å². The standard InChI is InChI=1S/C15H24/c1-10-7-12-8-14(3,4)9-15(12)11(2)5-6-13(10)15/h7,11-13H,5-6,8-9H2,1-4H3/t11-,12-,13+,15?/m1/s1. The molecule has 0 aromatic heterocycles. The maximum atomic E-state index is 2.63. The molecule has 4 atom stereocenters. The van der Waals surface area contributed by atoms with Crippen LogP contribution >= 0.6 is 0 Å². The minimum Gasteiger partial charge on any atom is -0.0816 e. The van der Waals surface area contributed by atoms with Crippen molar-refractivity contribution < 1.29 is 0 Å².